The number of hydrogen-bond donors (Lipinski definition) is 0. The lowest BCUT2D eigenvalue weighted by Gasteiger charge is -2.35. The number of carbonyl (C=O) groups is 1. The van der Waals surface area contributed by atoms with E-state index < -0.39 is 38.7 Å². The monoisotopic (exact) mass is 564 g/mol. The number of alkyl halides is 3. The average Bonchev–Trinajstić information content (AvgIpc) is 3.23. The van der Waals surface area contributed by atoms with Crippen molar-refractivity contribution in [3.8, 4) is 5.75 Å². The van der Waals surface area contributed by atoms with E-state index in [0.717, 1.165) is 33.6 Å². The Bertz CT molecular complexity index is 1510. The minimum Gasteiger partial charge on any atom is -0.486 e. The van der Waals surface area contributed by atoms with Crippen LogP contribution in [0.5, 0.6) is 5.75 Å². The van der Waals surface area contributed by atoms with Crippen molar-refractivity contribution in [1.29, 1.82) is 0 Å². The Balaban J connectivity index is 1.78. The largest absolute Gasteiger partial charge is 0.486 e. The van der Waals surface area contributed by atoms with E-state index in [1.807, 2.05) is 19.9 Å². The van der Waals surface area contributed by atoms with E-state index in [4.69, 9.17) is 9.26 Å². The fraction of sp³-hybridized carbons (Fsp3) is 0.333. The second-order valence-electron chi connectivity index (χ2n) is 9.17. The van der Waals surface area contributed by atoms with Crippen LogP contribution in [-0.2, 0) is 25.7 Å². The van der Waals surface area contributed by atoms with Gasteiger partial charge < -0.3 is 14.0 Å². The molecular formula is C27H27F3N2O6S. The molecule has 8 nitrogen and oxygen atoms in total. The molecular weight excluding hydrogens is 537 g/mol. The summed E-state index contributed by atoms with van der Waals surface area (Å²) in [6.07, 6.45) is -3.50. The fourth-order valence-electron chi connectivity index (χ4n) is 4.51. The topological polar surface area (TPSA) is 98.9 Å². The molecule has 0 spiro atoms. The highest BCUT2D eigenvalue weighted by Gasteiger charge is 2.37. The van der Waals surface area contributed by atoms with Crippen LogP contribution < -0.4 is 9.04 Å². The van der Waals surface area contributed by atoms with Crippen LogP contribution in [0.15, 0.2) is 51.9 Å². The standard InChI is InChI=1S/C27H27F3N2O6S/c1-16(26-17(2)31-38-18(26)3)12-19-8-10-24-23(13-19)32(15-21(37-24)9-11-25(33)36-4)39(34,35)22-7-5-6-20(14-22)27(28,29)30/h5-8,10,12-14,21H,9,11,15H2,1-4H3. The van der Waals surface area contributed by atoms with Gasteiger partial charge in [-0.15, -0.1) is 0 Å². The first-order valence-electron chi connectivity index (χ1n) is 12.0. The molecule has 1 aliphatic heterocycles. The Morgan fingerprint density at radius 1 is 1.21 bits per heavy atom. The van der Waals surface area contributed by atoms with Gasteiger partial charge in [0.2, 0.25) is 0 Å². The van der Waals surface area contributed by atoms with Gasteiger partial charge >= 0.3 is 12.1 Å². The van der Waals surface area contributed by atoms with Crippen molar-refractivity contribution in [3.63, 3.8) is 0 Å². The number of hydrogen-bond acceptors (Lipinski definition) is 7. The van der Waals surface area contributed by atoms with Gasteiger partial charge in [0.15, 0.2) is 0 Å². The first-order valence-corrected chi connectivity index (χ1v) is 13.4. The normalized spacial score (nSPS) is 16.0. The van der Waals surface area contributed by atoms with Gasteiger partial charge in [-0.3, -0.25) is 9.10 Å². The summed E-state index contributed by atoms with van der Waals surface area (Å²) in [6, 6.07) is 8.52. The summed E-state index contributed by atoms with van der Waals surface area (Å²) < 4.78 is 84.5. The summed E-state index contributed by atoms with van der Waals surface area (Å²) >= 11 is 0. The van der Waals surface area contributed by atoms with Crippen LogP contribution in [0.2, 0.25) is 0 Å². The molecule has 0 saturated heterocycles. The molecule has 1 atom stereocenters. The second kappa shape index (κ2) is 10.8. The maximum Gasteiger partial charge on any atom is 0.416 e. The molecule has 39 heavy (non-hydrogen) atoms. The number of ether oxygens (including phenoxy) is 2. The summed E-state index contributed by atoms with van der Waals surface area (Å²) in [7, 11) is -3.21. The molecule has 1 aromatic heterocycles. The van der Waals surface area contributed by atoms with E-state index in [2.05, 4.69) is 9.89 Å². The quantitative estimate of drug-likeness (QED) is 0.336. The van der Waals surface area contributed by atoms with Crippen molar-refractivity contribution in [2.75, 3.05) is 18.0 Å². The van der Waals surface area contributed by atoms with E-state index in [1.54, 1.807) is 25.1 Å². The number of benzene rings is 2. The third kappa shape index (κ3) is 5.95. The Labute approximate surface area is 224 Å². The summed E-state index contributed by atoms with van der Waals surface area (Å²) in [4.78, 5) is 11.2. The lowest BCUT2D eigenvalue weighted by molar-refractivity contribution is -0.141. The summed E-state index contributed by atoms with van der Waals surface area (Å²) in [5, 5.41) is 3.96. The van der Waals surface area contributed by atoms with Crippen molar-refractivity contribution in [3.05, 3.63) is 70.6 Å². The number of nitrogens with zero attached hydrogens (tertiary/aromatic N) is 2. The summed E-state index contributed by atoms with van der Waals surface area (Å²) in [5.41, 5.74) is 2.07. The number of aryl methyl sites for hydroxylation is 2. The number of esters is 1. The van der Waals surface area contributed by atoms with Gasteiger partial charge in [-0.25, -0.2) is 8.42 Å². The average molecular weight is 565 g/mol. The lowest BCUT2D eigenvalue weighted by atomic mass is 10.0. The van der Waals surface area contributed by atoms with Gasteiger partial charge in [0.05, 0.1) is 35.5 Å². The first kappa shape index (κ1) is 28.2. The molecule has 0 N–H and O–H groups in total. The molecule has 0 saturated carbocycles. The van der Waals surface area contributed by atoms with Crippen LogP contribution in [0.3, 0.4) is 0 Å². The molecule has 0 fully saturated rings. The lowest BCUT2D eigenvalue weighted by Crippen LogP contribution is -2.43. The number of halogens is 3. The third-order valence-corrected chi connectivity index (χ3v) is 8.15. The van der Waals surface area contributed by atoms with E-state index in [1.165, 1.54) is 7.11 Å². The Hall–Kier alpha value is -3.80. The molecule has 0 aliphatic carbocycles. The van der Waals surface area contributed by atoms with E-state index in [-0.39, 0.29) is 30.8 Å². The van der Waals surface area contributed by atoms with E-state index >= 15 is 0 Å². The molecule has 4 rings (SSSR count). The molecule has 0 bridgehead atoms. The molecule has 208 valence electrons. The van der Waals surface area contributed by atoms with Crippen LogP contribution in [0.1, 0.15) is 47.9 Å². The number of allylic oxidation sites excluding steroid dienone is 1. The van der Waals surface area contributed by atoms with E-state index in [9.17, 15) is 26.4 Å². The second-order valence-corrected chi connectivity index (χ2v) is 11.0. The number of fused-ring (bicyclic) bond motifs is 1. The molecule has 0 amide bonds. The number of carbonyl (C=O) groups excluding carboxylic acids is 1. The highest BCUT2D eigenvalue weighted by atomic mass is 32.2. The van der Waals surface area contributed by atoms with Gasteiger partial charge in [0, 0.05) is 12.0 Å². The number of rotatable bonds is 7. The minimum atomic E-state index is -4.72. The van der Waals surface area contributed by atoms with Gasteiger partial charge in [-0.05, 0) is 68.7 Å². The zero-order valence-electron chi connectivity index (χ0n) is 21.7. The molecule has 3 aromatic rings. The van der Waals surface area contributed by atoms with Gasteiger partial charge in [0.25, 0.3) is 10.0 Å². The van der Waals surface area contributed by atoms with Crippen LogP contribution in [0.4, 0.5) is 18.9 Å². The minimum absolute atomic E-state index is 0.0224. The predicted octanol–water partition coefficient (Wildman–Crippen LogP) is 5.78. The number of aromatic nitrogens is 1. The van der Waals surface area contributed by atoms with Crippen LogP contribution in [0.25, 0.3) is 11.6 Å². The maximum atomic E-state index is 13.8. The number of sulfonamides is 1. The van der Waals surface area contributed by atoms with Crippen LogP contribution >= 0.6 is 0 Å². The fourth-order valence-corrected chi connectivity index (χ4v) is 6.05. The highest BCUT2D eigenvalue weighted by Crippen LogP contribution is 2.40. The molecule has 1 aliphatic rings. The summed E-state index contributed by atoms with van der Waals surface area (Å²) in [5.74, 6) is 0.357. The van der Waals surface area contributed by atoms with Gasteiger partial charge in [-0.2, -0.15) is 13.2 Å². The first-order chi connectivity index (χ1) is 18.3. The van der Waals surface area contributed by atoms with Crippen molar-refractivity contribution in [2.45, 2.75) is 50.8 Å². The Kier molecular flexibility index (Phi) is 7.78. The van der Waals surface area contributed by atoms with Crippen LogP contribution in [0, 0.1) is 13.8 Å². The van der Waals surface area contributed by atoms with Crippen LogP contribution in [-0.4, -0.2) is 39.3 Å². The molecule has 12 heteroatoms. The molecule has 2 heterocycles. The third-order valence-electron chi connectivity index (χ3n) is 6.37. The Morgan fingerprint density at radius 3 is 2.59 bits per heavy atom. The highest BCUT2D eigenvalue weighted by molar-refractivity contribution is 7.92. The smallest absolute Gasteiger partial charge is 0.416 e. The number of methoxy groups -OCH3 is 1. The molecule has 1 unspecified atom stereocenters. The predicted molar refractivity (Wildman–Crippen MR) is 138 cm³/mol. The Morgan fingerprint density at radius 2 is 1.95 bits per heavy atom. The maximum absolute atomic E-state index is 13.8. The van der Waals surface area contributed by atoms with Crippen molar-refractivity contribution >= 4 is 33.3 Å². The van der Waals surface area contributed by atoms with Gasteiger partial charge in [0.1, 0.15) is 17.6 Å². The van der Waals surface area contributed by atoms with Crippen molar-refractivity contribution in [1.82, 2.24) is 5.16 Å². The number of anilines is 1. The zero-order chi connectivity index (χ0) is 28.5. The van der Waals surface area contributed by atoms with Crippen molar-refractivity contribution < 1.29 is 40.4 Å². The zero-order valence-corrected chi connectivity index (χ0v) is 22.5. The van der Waals surface area contributed by atoms with Gasteiger partial charge in [-0.1, -0.05) is 23.4 Å². The summed E-state index contributed by atoms with van der Waals surface area (Å²) in [6.45, 7) is 5.24. The molecule has 0 radical (unpaired) electrons. The van der Waals surface area contributed by atoms with Crippen molar-refractivity contribution in [2.24, 2.45) is 0 Å². The van der Waals surface area contributed by atoms with E-state index in [0.29, 0.717) is 23.1 Å². The molecule has 2 aromatic carbocycles. The SMILES string of the molecule is COC(=O)CCC1CN(S(=O)(=O)c2cccc(C(F)(F)F)c2)c2cc(C=C(C)c3c(C)noc3C)ccc2O1.